The highest BCUT2D eigenvalue weighted by Crippen LogP contribution is 2.40. The molecule has 0 aromatic heterocycles. The lowest BCUT2D eigenvalue weighted by molar-refractivity contribution is -0.0839. The summed E-state index contributed by atoms with van der Waals surface area (Å²) in [5.41, 5.74) is 5.05. The molecule has 2 saturated heterocycles. The third kappa shape index (κ3) is 2.20. The highest BCUT2D eigenvalue weighted by Gasteiger charge is 2.43. The van der Waals surface area contributed by atoms with Gasteiger partial charge in [0.25, 0.3) is 0 Å². The average molecular weight is 258 g/mol. The summed E-state index contributed by atoms with van der Waals surface area (Å²) in [6.07, 6.45) is 2.52. The summed E-state index contributed by atoms with van der Waals surface area (Å²) in [7, 11) is 0. The number of rotatable bonds is 2. The van der Waals surface area contributed by atoms with E-state index in [4.69, 9.17) is 4.74 Å². The van der Waals surface area contributed by atoms with Gasteiger partial charge in [0.2, 0.25) is 0 Å². The summed E-state index contributed by atoms with van der Waals surface area (Å²) in [5.74, 6) is 0. The van der Waals surface area contributed by atoms with Crippen molar-refractivity contribution in [2.75, 3.05) is 26.3 Å². The molecule has 0 unspecified atom stereocenters. The van der Waals surface area contributed by atoms with Crippen LogP contribution in [0.3, 0.4) is 0 Å². The summed E-state index contributed by atoms with van der Waals surface area (Å²) in [6, 6.07) is 7.00. The molecular formula is C16H22N2O. The second kappa shape index (κ2) is 4.58. The van der Waals surface area contributed by atoms with Crippen LogP contribution in [0.1, 0.15) is 29.5 Å². The fourth-order valence-corrected chi connectivity index (χ4v) is 3.84. The van der Waals surface area contributed by atoms with Gasteiger partial charge in [-0.1, -0.05) is 18.2 Å². The van der Waals surface area contributed by atoms with Gasteiger partial charge in [0.15, 0.2) is 0 Å². The molecule has 4 rings (SSSR count). The van der Waals surface area contributed by atoms with Crippen molar-refractivity contribution in [1.82, 2.24) is 10.2 Å². The standard InChI is InChI=1S/C16H22N2O/c1-2-14-8-17-9-15(14)7-13(1)10-18-11-16(12-18)3-5-19-6-4-16/h1-2,7,17H,3-6,8-12H2. The number of fused-ring (bicyclic) bond motifs is 1. The number of ether oxygens (including phenoxy) is 1. The number of hydrogen-bond acceptors (Lipinski definition) is 3. The van der Waals surface area contributed by atoms with Crippen LogP contribution < -0.4 is 5.32 Å². The van der Waals surface area contributed by atoms with Crippen LogP contribution in [-0.4, -0.2) is 31.2 Å². The SMILES string of the molecule is c1cc2c(cc1CN1CC3(CCOCC3)C1)CNC2. The number of hydrogen-bond donors (Lipinski definition) is 1. The molecule has 0 aliphatic carbocycles. The van der Waals surface area contributed by atoms with Crippen molar-refractivity contribution in [3.63, 3.8) is 0 Å². The Morgan fingerprint density at radius 2 is 1.89 bits per heavy atom. The van der Waals surface area contributed by atoms with Gasteiger partial charge in [-0.3, -0.25) is 4.90 Å². The molecule has 2 fully saturated rings. The molecule has 102 valence electrons. The Morgan fingerprint density at radius 1 is 1.11 bits per heavy atom. The van der Waals surface area contributed by atoms with Crippen LogP contribution in [0.15, 0.2) is 18.2 Å². The monoisotopic (exact) mass is 258 g/mol. The summed E-state index contributed by atoms with van der Waals surface area (Å²) in [4.78, 5) is 2.59. The first-order valence-corrected chi connectivity index (χ1v) is 7.45. The Morgan fingerprint density at radius 3 is 2.74 bits per heavy atom. The topological polar surface area (TPSA) is 24.5 Å². The van der Waals surface area contributed by atoms with E-state index in [9.17, 15) is 0 Å². The highest BCUT2D eigenvalue weighted by molar-refractivity contribution is 5.34. The second-order valence-electron chi connectivity index (χ2n) is 6.46. The zero-order valence-corrected chi connectivity index (χ0v) is 11.5. The van der Waals surface area contributed by atoms with E-state index in [2.05, 4.69) is 28.4 Å². The highest BCUT2D eigenvalue weighted by atomic mass is 16.5. The van der Waals surface area contributed by atoms with Crippen molar-refractivity contribution in [1.29, 1.82) is 0 Å². The van der Waals surface area contributed by atoms with Gasteiger partial charge >= 0.3 is 0 Å². The summed E-state index contributed by atoms with van der Waals surface area (Å²) in [6.45, 7) is 7.69. The van der Waals surface area contributed by atoms with E-state index in [0.29, 0.717) is 5.41 Å². The van der Waals surface area contributed by atoms with Gasteiger partial charge in [-0.25, -0.2) is 0 Å². The van der Waals surface area contributed by atoms with Crippen molar-refractivity contribution < 1.29 is 4.74 Å². The van der Waals surface area contributed by atoms with Crippen molar-refractivity contribution in [2.24, 2.45) is 5.41 Å². The van der Waals surface area contributed by atoms with Crippen molar-refractivity contribution in [3.05, 3.63) is 34.9 Å². The molecule has 1 aromatic carbocycles. The maximum atomic E-state index is 5.48. The van der Waals surface area contributed by atoms with E-state index < -0.39 is 0 Å². The van der Waals surface area contributed by atoms with Crippen molar-refractivity contribution >= 4 is 0 Å². The molecule has 19 heavy (non-hydrogen) atoms. The number of nitrogens with one attached hydrogen (secondary N) is 1. The molecule has 3 heterocycles. The van der Waals surface area contributed by atoms with Crippen LogP contribution in [0.5, 0.6) is 0 Å². The molecule has 1 aromatic rings. The van der Waals surface area contributed by atoms with E-state index in [0.717, 1.165) is 32.8 Å². The first kappa shape index (κ1) is 11.9. The lowest BCUT2D eigenvalue weighted by atomic mass is 9.73. The molecule has 3 nitrogen and oxygen atoms in total. The molecular weight excluding hydrogens is 236 g/mol. The third-order valence-electron chi connectivity index (χ3n) is 4.98. The maximum absolute atomic E-state index is 5.48. The molecule has 0 radical (unpaired) electrons. The van der Waals surface area contributed by atoms with Gasteiger partial charge in [-0.2, -0.15) is 0 Å². The number of likely N-dealkylation sites (tertiary alicyclic amines) is 1. The normalized spacial score (nSPS) is 25.3. The molecule has 3 aliphatic heterocycles. The molecule has 0 amide bonds. The van der Waals surface area contributed by atoms with Crippen LogP contribution in [0.2, 0.25) is 0 Å². The van der Waals surface area contributed by atoms with Crippen LogP contribution in [0.25, 0.3) is 0 Å². The second-order valence-corrected chi connectivity index (χ2v) is 6.46. The zero-order valence-electron chi connectivity index (χ0n) is 11.5. The molecule has 3 aliphatic rings. The quantitative estimate of drug-likeness (QED) is 0.877. The van der Waals surface area contributed by atoms with Gasteiger partial charge in [0.1, 0.15) is 0 Å². The van der Waals surface area contributed by atoms with Crippen molar-refractivity contribution in [3.8, 4) is 0 Å². The van der Waals surface area contributed by atoms with Gasteiger partial charge < -0.3 is 10.1 Å². The molecule has 0 saturated carbocycles. The third-order valence-corrected chi connectivity index (χ3v) is 4.98. The van der Waals surface area contributed by atoms with Crippen LogP contribution >= 0.6 is 0 Å². The smallest absolute Gasteiger partial charge is 0.0472 e. The average Bonchev–Trinajstić information content (AvgIpc) is 2.85. The molecule has 3 heteroatoms. The fourth-order valence-electron chi connectivity index (χ4n) is 3.84. The van der Waals surface area contributed by atoms with Gasteiger partial charge in [-0.05, 0) is 29.5 Å². The van der Waals surface area contributed by atoms with E-state index >= 15 is 0 Å². The van der Waals surface area contributed by atoms with E-state index in [-0.39, 0.29) is 0 Å². The Labute approximate surface area is 114 Å². The Kier molecular flexibility index (Phi) is 2.87. The summed E-state index contributed by atoms with van der Waals surface area (Å²) >= 11 is 0. The van der Waals surface area contributed by atoms with E-state index in [1.807, 2.05) is 0 Å². The first-order chi connectivity index (χ1) is 9.33. The largest absolute Gasteiger partial charge is 0.381 e. The minimum atomic E-state index is 0.594. The van der Waals surface area contributed by atoms with Crippen LogP contribution in [0.4, 0.5) is 0 Å². The predicted octanol–water partition coefficient (Wildman–Crippen LogP) is 1.90. The van der Waals surface area contributed by atoms with Crippen LogP contribution in [-0.2, 0) is 24.4 Å². The Bertz CT molecular complexity index is 472. The van der Waals surface area contributed by atoms with Crippen LogP contribution in [0, 0.1) is 5.41 Å². The molecule has 0 bridgehead atoms. The first-order valence-electron chi connectivity index (χ1n) is 7.45. The molecule has 1 spiro atoms. The Balaban J connectivity index is 1.38. The van der Waals surface area contributed by atoms with Gasteiger partial charge in [0, 0.05) is 51.4 Å². The lowest BCUT2D eigenvalue weighted by Crippen LogP contribution is -2.57. The molecule has 1 N–H and O–H groups in total. The number of benzene rings is 1. The number of nitrogens with zero attached hydrogens (tertiary/aromatic N) is 1. The fraction of sp³-hybridized carbons (Fsp3) is 0.625. The van der Waals surface area contributed by atoms with Gasteiger partial charge in [-0.15, -0.1) is 0 Å². The van der Waals surface area contributed by atoms with E-state index in [1.165, 1.54) is 42.6 Å². The van der Waals surface area contributed by atoms with Crippen molar-refractivity contribution in [2.45, 2.75) is 32.5 Å². The summed E-state index contributed by atoms with van der Waals surface area (Å²) < 4.78 is 5.48. The van der Waals surface area contributed by atoms with E-state index in [1.54, 1.807) is 0 Å². The maximum Gasteiger partial charge on any atom is 0.0472 e. The lowest BCUT2D eigenvalue weighted by Gasteiger charge is -2.52. The zero-order chi connectivity index (χ0) is 12.7. The minimum absolute atomic E-state index is 0.594. The molecule has 0 atom stereocenters. The summed E-state index contributed by atoms with van der Waals surface area (Å²) in [5, 5.41) is 3.42. The van der Waals surface area contributed by atoms with Gasteiger partial charge in [0.05, 0.1) is 0 Å². The Hall–Kier alpha value is -0.900. The minimum Gasteiger partial charge on any atom is -0.381 e. The predicted molar refractivity (Wildman–Crippen MR) is 74.7 cm³/mol.